The molecule has 0 N–H and O–H groups in total. The molecule has 1 unspecified atom stereocenters. The van der Waals surface area contributed by atoms with Gasteiger partial charge in [-0.25, -0.2) is 0 Å². The first-order valence-electron chi connectivity index (χ1n) is 12.3. The molecule has 176 valence electrons. The minimum absolute atomic E-state index is 0.150. The van der Waals surface area contributed by atoms with E-state index in [1.165, 1.54) is 22.3 Å². The number of nitrogens with zero attached hydrogens (tertiary/aromatic N) is 2. The van der Waals surface area contributed by atoms with E-state index in [1.54, 1.807) is 0 Å². The summed E-state index contributed by atoms with van der Waals surface area (Å²) in [4.78, 5) is 18.7. The number of amides is 1. The van der Waals surface area contributed by atoms with E-state index < -0.39 is 0 Å². The fourth-order valence-electron chi connectivity index (χ4n) is 5.12. The van der Waals surface area contributed by atoms with E-state index in [2.05, 4.69) is 80.3 Å². The highest BCUT2D eigenvalue weighted by Gasteiger charge is 2.52. The highest BCUT2D eigenvalue weighted by atomic mass is 16.5. The Balaban J connectivity index is 1.46. The van der Waals surface area contributed by atoms with Crippen LogP contribution in [0.5, 0.6) is 0 Å². The van der Waals surface area contributed by atoms with Gasteiger partial charge < -0.3 is 9.64 Å². The molecule has 4 heteroatoms. The van der Waals surface area contributed by atoms with Crippen molar-refractivity contribution in [2.75, 3.05) is 37.7 Å². The highest BCUT2D eigenvalue weighted by molar-refractivity contribution is 5.98. The Morgan fingerprint density at radius 1 is 0.941 bits per heavy atom. The molecule has 1 spiro atoms. The monoisotopic (exact) mass is 454 g/mol. The van der Waals surface area contributed by atoms with Crippen LogP contribution in [0.4, 0.5) is 5.69 Å². The molecule has 2 heterocycles. The SMILES string of the molecule is Cc1ccc(CCN(C(=O)C(c2ccccc2)N2CC3(COC3)C2)c2ccc(C)c(C)c2)cc1. The van der Waals surface area contributed by atoms with Crippen LogP contribution < -0.4 is 4.90 Å². The van der Waals surface area contributed by atoms with Gasteiger partial charge in [-0.3, -0.25) is 9.69 Å². The zero-order valence-corrected chi connectivity index (χ0v) is 20.5. The normalized spacial score (nSPS) is 17.6. The number of ether oxygens (including phenoxy) is 1. The summed E-state index contributed by atoms with van der Waals surface area (Å²) in [6, 6.07) is 25.0. The first kappa shape index (κ1) is 22.8. The molecule has 0 aromatic heterocycles. The highest BCUT2D eigenvalue weighted by Crippen LogP contribution is 2.43. The Labute approximate surface area is 203 Å². The second-order valence-electron chi connectivity index (χ2n) is 10.2. The summed E-state index contributed by atoms with van der Waals surface area (Å²) >= 11 is 0. The van der Waals surface area contributed by atoms with Crippen LogP contribution in [0.1, 0.15) is 33.9 Å². The van der Waals surface area contributed by atoms with Crippen molar-refractivity contribution in [2.24, 2.45) is 5.41 Å². The van der Waals surface area contributed by atoms with Crippen molar-refractivity contribution in [3.8, 4) is 0 Å². The van der Waals surface area contributed by atoms with Gasteiger partial charge in [0.1, 0.15) is 6.04 Å². The molecule has 0 radical (unpaired) electrons. The number of hydrogen-bond donors (Lipinski definition) is 0. The van der Waals surface area contributed by atoms with Crippen molar-refractivity contribution in [3.05, 3.63) is 101 Å². The van der Waals surface area contributed by atoms with Gasteiger partial charge in [0, 0.05) is 30.7 Å². The predicted molar refractivity (Wildman–Crippen MR) is 137 cm³/mol. The molecule has 2 fully saturated rings. The molecule has 1 atom stereocenters. The second-order valence-corrected chi connectivity index (χ2v) is 10.2. The number of hydrogen-bond acceptors (Lipinski definition) is 3. The van der Waals surface area contributed by atoms with Gasteiger partial charge >= 0.3 is 0 Å². The lowest BCUT2D eigenvalue weighted by atomic mass is 9.76. The van der Waals surface area contributed by atoms with Crippen LogP contribution in [-0.4, -0.2) is 43.7 Å². The van der Waals surface area contributed by atoms with Crippen molar-refractivity contribution in [2.45, 2.75) is 33.2 Å². The number of likely N-dealkylation sites (tertiary alicyclic amines) is 1. The Bertz CT molecular complexity index is 1140. The molecule has 2 aliphatic heterocycles. The maximum Gasteiger partial charge on any atom is 0.248 e. The van der Waals surface area contributed by atoms with Crippen molar-refractivity contribution >= 4 is 11.6 Å². The summed E-state index contributed by atoms with van der Waals surface area (Å²) in [5.74, 6) is 0.150. The van der Waals surface area contributed by atoms with Crippen LogP contribution in [0.2, 0.25) is 0 Å². The Morgan fingerprint density at radius 2 is 1.65 bits per heavy atom. The van der Waals surface area contributed by atoms with E-state index in [0.717, 1.165) is 44.0 Å². The standard InChI is InChI=1S/C30H34N2O2/c1-22-9-12-25(13-10-22)15-16-32(27-14-11-23(2)24(3)17-27)29(33)28(26-7-5-4-6-8-26)31-18-30(19-31)20-34-21-30/h4-14,17,28H,15-16,18-21H2,1-3H3. The van der Waals surface area contributed by atoms with Crippen LogP contribution in [-0.2, 0) is 16.0 Å². The minimum Gasteiger partial charge on any atom is -0.380 e. The first-order valence-corrected chi connectivity index (χ1v) is 12.3. The lowest BCUT2D eigenvalue weighted by Crippen LogP contribution is -2.67. The molecule has 3 aromatic rings. The van der Waals surface area contributed by atoms with Gasteiger partial charge in [0.05, 0.1) is 13.2 Å². The molecule has 2 aliphatic rings. The Hall–Kier alpha value is -2.95. The smallest absolute Gasteiger partial charge is 0.248 e. The van der Waals surface area contributed by atoms with Gasteiger partial charge in [0.15, 0.2) is 0 Å². The maximum atomic E-state index is 14.3. The molecule has 3 aromatic carbocycles. The predicted octanol–water partition coefficient (Wildman–Crippen LogP) is 5.26. The molecule has 4 nitrogen and oxygen atoms in total. The second kappa shape index (κ2) is 9.36. The van der Waals surface area contributed by atoms with E-state index in [-0.39, 0.29) is 17.4 Å². The van der Waals surface area contributed by atoms with E-state index in [4.69, 9.17) is 4.74 Å². The summed E-state index contributed by atoms with van der Waals surface area (Å²) in [5, 5.41) is 0. The molecule has 0 bridgehead atoms. The number of carbonyl (C=O) groups excluding carboxylic acids is 1. The van der Waals surface area contributed by atoms with Gasteiger partial charge in [-0.2, -0.15) is 0 Å². The molecule has 0 saturated carbocycles. The van der Waals surface area contributed by atoms with Gasteiger partial charge in [0.25, 0.3) is 0 Å². The van der Waals surface area contributed by atoms with Crippen LogP contribution in [0, 0.1) is 26.2 Å². The van der Waals surface area contributed by atoms with Gasteiger partial charge in [-0.15, -0.1) is 0 Å². The van der Waals surface area contributed by atoms with Gasteiger partial charge in [-0.05, 0) is 61.6 Å². The largest absolute Gasteiger partial charge is 0.380 e. The van der Waals surface area contributed by atoms with Crippen LogP contribution in [0.25, 0.3) is 0 Å². The van der Waals surface area contributed by atoms with Gasteiger partial charge in [0.2, 0.25) is 5.91 Å². The number of benzene rings is 3. The van der Waals surface area contributed by atoms with Crippen LogP contribution in [0.15, 0.2) is 72.8 Å². The lowest BCUT2D eigenvalue weighted by Gasteiger charge is -2.57. The Morgan fingerprint density at radius 3 is 2.26 bits per heavy atom. The summed E-state index contributed by atoms with van der Waals surface area (Å²) in [6.45, 7) is 10.4. The topological polar surface area (TPSA) is 32.8 Å². The molecule has 2 saturated heterocycles. The maximum absolute atomic E-state index is 14.3. The van der Waals surface area contributed by atoms with Crippen molar-refractivity contribution in [1.82, 2.24) is 4.90 Å². The average Bonchev–Trinajstić information content (AvgIpc) is 2.78. The molecule has 0 aliphatic carbocycles. The van der Waals surface area contributed by atoms with E-state index >= 15 is 0 Å². The van der Waals surface area contributed by atoms with E-state index in [9.17, 15) is 4.79 Å². The summed E-state index contributed by atoms with van der Waals surface area (Å²) < 4.78 is 5.49. The zero-order chi connectivity index (χ0) is 23.7. The number of aryl methyl sites for hydroxylation is 3. The van der Waals surface area contributed by atoms with E-state index in [0.29, 0.717) is 6.54 Å². The molecule has 5 rings (SSSR count). The number of anilines is 1. The fourth-order valence-corrected chi connectivity index (χ4v) is 5.12. The minimum atomic E-state index is -0.285. The Kier molecular flexibility index (Phi) is 6.28. The number of rotatable bonds is 7. The summed E-state index contributed by atoms with van der Waals surface area (Å²) in [7, 11) is 0. The van der Waals surface area contributed by atoms with Crippen molar-refractivity contribution in [3.63, 3.8) is 0 Å². The molecular formula is C30H34N2O2. The molecular weight excluding hydrogens is 420 g/mol. The lowest BCUT2D eigenvalue weighted by molar-refractivity contribution is -0.199. The average molecular weight is 455 g/mol. The number of carbonyl (C=O) groups is 1. The quantitative estimate of drug-likeness (QED) is 0.488. The van der Waals surface area contributed by atoms with Crippen molar-refractivity contribution < 1.29 is 9.53 Å². The fraction of sp³-hybridized carbons (Fsp3) is 0.367. The van der Waals surface area contributed by atoms with Gasteiger partial charge in [-0.1, -0.05) is 66.2 Å². The first-order chi connectivity index (χ1) is 16.4. The van der Waals surface area contributed by atoms with Crippen LogP contribution >= 0.6 is 0 Å². The third-order valence-electron chi connectivity index (χ3n) is 7.42. The third kappa shape index (κ3) is 4.53. The summed E-state index contributed by atoms with van der Waals surface area (Å²) in [5.41, 5.74) is 7.23. The molecule has 34 heavy (non-hydrogen) atoms. The zero-order valence-electron chi connectivity index (χ0n) is 20.5. The third-order valence-corrected chi connectivity index (χ3v) is 7.42. The van der Waals surface area contributed by atoms with E-state index in [1.807, 2.05) is 23.1 Å². The molecule has 1 amide bonds. The summed E-state index contributed by atoms with van der Waals surface area (Å²) in [6.07, 6.45) is 0.818. The van der Waals surface area contributed by atoms with Crippen molar-refractivity contribution in [1.29, 1.82) is 0 Å². The van der Waals surface area contributed by atoms with Crippen LogP contribution in [0.3, 0.4) is 0 Å².